The molecule has 1 amide bonds. The summed E-state index contributed by atoms with van der Waals surface area (Å²) in [5, 5.41) is 23.7. The van der Waals surface area contributed by atoms with Crippen LogP contribution in [0.5, 0.6) is 0 Å². The molecule has 0 aliphatic carbocycles. The van der Waals surface area contributed by atoms with E-state index in [1.54, 1.807) is 0 Å². The zero-order valence-electron chi connectivity index (χ0n) is 38.9. The summed E-state index contributed by atoms with van der Waals surface area (Å²) >= 11 is 0. The monoisotopic (exact) mass is 818 g/mol. The minimum absolute atomic E-state index is 0.0639. The molecule has 6 nitrogen and oxygen atoms in total. The van der Waals surface area contributed by atoms with Gasteiger partial charge in [0.1, 0.15) is 6.10 Å². The predicted molar refractivity (Wildman–Crippen MR) is 250 cm³/mol. The van der Waals surface area contributed by atoms with Crippen molar-refractivity contribution in [2.45, 2.75) is 289 Å². The first kappa shape index (κ1) is 56.3. The summed E-state index contributed by atoms with van der Waals surface area (Å²) in [4.78, 5) is 26.0. The first-order valence-corrected chi connectivity index (χ1v) is 25.6. The lowest BCUT2D eigenvalue weighted by Crippen LogP contribution is -2.46. The van der Waals surface area contributed by atoms with Crippen LogP contribution in [0, 0.1) is 0 Å². The van der Waals surface area contributed by atoms with E-state index in [0.29, 0.717) is 19.3 Å². The molecule has 3 N–H and O–H groups in total. The molecule has 0 saturated carbocycles. The van der Waals surface area contributed by atoms with Crippen molar-refractivity contribution in [1.82, 2.24) is 5.32 Å². The van der Waals surface area contributed by atoms with Crippen molar-refractivity contribution in [1.29, 1.82) is 0 Å². The van der Waals surface area contributed by atoms with Crippen molar-refractivity contribution < 1.29 is 24.5 Å². The fourth-order valence-corrected chi connectivity index (χ4v) is 7.82. The molecule has 0 heterocycles. The van der Waals surface area contributed by atoms with E-state index in [-0.39, 0.29) is 24.9 Å². The second-order valence-electron chi connectivity index (χ2n) is 17.6. The number of carbonyl (C=O) groups is 2. The number of amides is 1. The van der Waals surface area contributed by atoms with Crippen LogP contribution in [0.4, 0.5) is 0 Å². The van der Waals surface area contributed by atoms with E-state index in [0.717, 1.165) is 70.6 Å². The van der Waals surface area contributed by atoms with Crippen LogP contribution in [0.2, 0.25) is 0 Å². The Bertz CT molecular complexity index is 919. The molecule has 0 aliphatic rings. The molecule has 0 spiro atoms. The Morgan fingerprint density at radius 2 is 0.845 bits per heavy atom. The number of ether oxygens (including phenoxy) is 1. The molecule has 0 saturated heterocycles. The van der Waals surface area contributed by atoms with E-state index >= 15 is 0 Å². The Hall–Kier alpha value is -1.66. The first-order valence-electron chi connectivity index (χ1n) is 25.6. The average molecular weight is 818 g/mol. The second-order valence-corrected chi connectivity index (χ2v) is 17.6. The number of hydrogen-bond donors (Lipinski definition) is 3. The molecule has 0 aliphatic heterocycles. The molecule has 342 valence electrons. The summed E-state index contributed by atoms with van der Waals surface area (Å²) in [7, 11) is 0. The van der Waals surface area contributed by atoms with Crippen LogP contribution in [-0.4, -0.2) is 46.9 Å². The zero-order valence-corrected chi connectivity index (χ0v) is 38.9. The van der Waals surface area contributed by atoms with E-state index in [2.05, 4.69) is 50.4 Å². The van der Waals surface area contributed by atoms with E-state index < -0.39 is 18.2 Å². The van der Waals surface area contributed by atoms with Gasteiger partial charge in [-0.1, -0.05) is 212 Å². The largest absolute Gasteiger partial charge is 0.462 e. The Labute approximate surface area is 361 Å². The van der Waals surface area contributed by atoms with Crippen molar-refractivity contribution in [3.8, 4) is 0 Å². The molecule has 0 aromatic heterocycles. The van der Waals surface area contributed by atoms with Gasteiger partial charge in [-0.25, -0.2) is 0 Å². The highest BCUT2D eigenvalue weighted by molar-refractivity contribution is 5.77. The summed E-state index contributed by atoms with van der Waals surface area (Å²) in [5.74, 6) is -0.502. The van der Waals surface area contributed by atoms with E-state index in [1.165, 1.54) is 154 Å². The number of esters is 1. The third-order valence-corrected chi connectivity index (χ3v) is 11.8. The van der Waals surface area contributed by atoms with E-state index in [1.807, 2.05) is 0 Å². The maximum absolute atomic E-state index is 13.1. The summed E-state index contributed by atoms with van der Waals surface area (Å²) in [5.41, 5.74) is 0. The molecule has 0 rings (SSSR count). The molecule has 58 heavy (non-hydrogen) atoms. The van der Waals surface area contributed by atoms with Crippen molar-refractivity contribution in [3.05, 3.63) is 24.3 Å². The van der Waals surface area contributed by atoms with Gasteiger partial charge in [0.05, 0.1) is 25.2 Å². The fraction of sp³-hybridized carbons (Fsp3) is 0.885. The minimum atomic E-state index is -0.790. The molecule has 3 atom stereocenters. The van der Waals surface area contributed by atoms with Crippen molar-refractivity contribution in [3.63, 3.8) is 0 Å². The molecule has 0 fully saturated rings. The summed E-state index contributed by atoms with van der Waals surface area (Å²) in [6.45, 7) is 6.44. The van der Waals surface area contributed by atoms with Crippen LogP contribution in [0.15, 0.2) is 24.3 Å². The van der Waals surface area contributed by atoms with E-state index in [4.69, 9.17) is 4.74 Å². The molecule has 0 aromatic rings. The Kier molecular flexibility index (Phi) is 45.1. The molecular formula is C52H99NO5. The van der Waals surface area contributed by atoms with E-state index in [9.17, 15) is 19.8 Å². The number of aliphatic hydroxyl groups is 2. The van der Waals surface area contributed by atoms with Gasteiger partial charge in [0.25, 0.3) is 0 Å². The number of nitrogens with one attached hydrogen (secondary N) is 1. The standard InChI is InChI=1S/C52H99NO5/c1-4-7-10-13-16-19-21-23-24-25-26-28-29-32-35-38-41-44-50(55)49(47-54)53-51(56)46-48(43-40-37-34-31-18-15-12-9-6-3)58-52(57)45-42-39-36-33-30-27-22-20-17-14-11-8-5-2/h15,18,27,30,48-50,54-55H,4-14,16-17,19-26,28-29,31-47H2,1-3H3,(H,53,56)/b18-15-,30-27-. The zero-order chi connectivity index (χ0) is 42.4. The van der Waals surface area contributed by atoms with Crippen LogP contribution >= 0.6 is 0 Å². The van der Waals surface area contributed by atoms with Gasteiger partial charge in [0, 0.05) is 6.42 Å². The number of unbranched alkanes of at least 4 members (excludes halogenated alkanes) is 30. The number of carbonyl (C=O) groups excluding carboxylic acids is 2. The Morgan fingerprint density at radius 3 is 1.29 bits per heavy atom. The van der Waals surface area contributed by atoms with Crippen LogP contribution in [0.25, 0.3) is 0 Å². The Balaban J connectivity index is 4.43. The number of rotatable bonds is 46. The van der Waals surface area contributed by atoms with Gasteiger partial charge in [0.15, 0.2) is 0 Å². The predicted octanol–water partition coefficient (Wildman–Crippen LogP) is 15.1. The van der Waals surface area contributed by atoms with Gasteiger partial charge in [-0.15, -0.1) is 0 Å². The van der Waals surface area contributed by atoms with Crippen LogP contribution in [0.1, 0.15) is 271 Å². The highest BCUT2D eigenvalue weighted by Gasteiger charge is 2.24. The van der Waals surface area contributed by atoms with Crippen LogP contribution in [0.3, 0.4) is 0 Å². The van der Waals surface area contributed by atoms with Crippen LogP contribution in [-0.2, 0) is 14.3 Å². The maximum Gasteiger partial charge on any atom is 0.306 e. The highest BCUT2D eigenvalue weighted by Crippen LogP contribution is 2.18. The normalized spacial score (nSPS) is 13.4. The van der Waals surface area contributed by atoms with Crippen LogP contribution < -0.4 is 5.32 Å². The minimum Gasteiger partial charge on any atom is -0.462 e. The SMILES string of the molecule is CCCC/C=C\CCCCCC(CC(=O)NC(CO)C(O)CCCCCCCCCCCCCCCCCCC)OC(=O)CCCCC/C=C\CCCCCCCC. The summed E-state index contributed by atoms with van der Waals surface area (Å²) < 4.78 is 5.89. The van der Waals surface area contributed by atoms with Gasteiger partial charge in [-0.2, -0.15) is 0 Å². The Morgan fingerprint density at radius 1 is 0.483 bits per heavy atom. The summed E-state index contributed by atoms with van der Waals surface area (Å²) in [6.07, 6.45) is 52.5. The third-order valence-electron chi connectivity index (χ3n) is 11.8. The van der Waals surface area contributed by atoms with Gasteiger partial charge >= 0.3 is 5.97 Å². The third kappa shape index (κ3) is 41.1. The van der Waals surface area contributed by atoms with Crippen molar-refractivity contribution >= 4 is 11.9 Å². The smallest absolute Gasteiger partial charge is 0.306 e. The molecule has 0 aromatic carbocycles. The quantitative estimate of drug-likeness (QED) is 0.0323. The fourth-order valence-electron chi connectivity index (χ4n) is 7.82. The lowest BCUT2D eigenvalue weighted by Gasteiger charge is -2.24. The first-order chi connectivity index (χ1) is 28.5. The topological polar surface area (TPSA) is 95.9 Å². The lowest BCUT2D eigenvalue weighted by molar-refractivity contribution is -0.151. The average Bonchev–Trinajstić information content (AvgIpc) is 3.22. The molecule has 0 radical (unpaired) electrons. The lowest BCUT2D eigenvalue weighted by atomic mass is 10.0. The molecule has 0 bridgehead atoms. The van der Waals surface area contributed by atoms with Gasteiger partial charge in [-0.3, -0.25) is 9.59 Å². The molecular weight excluding hydrogens is 719 g/mol. The highest BCUT2D eigenvalue weighted by atomic mass is 16.5. The van der Waals surface area contributed by atoms with Crippen molar-refractivity contribution in [2.24, 2.45) is 0 Å². The van der Waals surface area contributed by atoms with Gasteiger partial charge in [-0.05, 0) is 70.6 Å². The number of aliphatic hydroxyl groups excluding tert-OH is 2. The molecule has 3 unspecified atom stereocenters. The molecule has 6 heteroatoms. The van der Waals surface area contributed by atoms with Gasteiger partial charge < -0.3 is 20.3 Å². The number of hydrogen-bond acceptors (Lipinski definition) is 5. The van der Waals surface area contributed by atoms with Crippen molar-refractivity contribution in [2.75, 3.05) is 6.61 Å². The summed E-state index contributed by atoms with van der Waals surface area (Å²) in [6, 6.07) is -0.704. The maximum atomic E-state index is 13.1. The number of allylic oxidation sites excluding steroid dienone is 4. The second kappa shape index (κ2) is 46.4. The van der Waals surface area contributed by atoms with Gasteiger partial charge in [0.2, 0.25) is 5.91 Å².